The molecule has 0 radical (unpaired) electrons. The van der Waals surface area contributed by atoms with Crippen LogP contribution in [0.5, 0.6) is 17.2 Å². The molecule has 0 N–H and O–H groups in total. The van der Waals surface area contributed by atoms with Gasteiger partial charge in [-0.05, 0) is 28.8 Å². The topological polar surface area (TPSA) is 57.9 Å². The minimum absolute atomic E-state index is 0.543. The van der Waals surface area contributed by atoms with E-state index in [4.69, 9.17) is 14.2 Å². The Bertz CT molecular complexity index is 1350. The predicted octanol–water partition coefficient (Wildman–Crippen LogP) is 5.82. The molecule has 5 aromatic rings. The van der Waals surface area contributed by atoms with Gasteiger partial charge >= 0.3 is 0 Å². The average Bonchev–Trinajstić information content (AvgIpc) is 3.46. The molecular formula is C25H21N3O3S. The van der Waals surface area contributed by atoms with Crippen molar-refractivity contribution in [2.45, 2.75) is 0 Å². The Labute approximate surface area is 189 Å². The third-order valence-electron chi connectivity index (χ3n) is 5.36. The fraction of sp³-hybridized carbons (Fsp3) is 0.120. The number of hydrogen-bond donors (Lipinski definition) is 0. The quantitative estimate of drug-likeness (QED) is 0.331. The van der Waals surface area contributed by atoms with Gasteiger partial charge in [-0.2, -0.15) is 0 Å². The third kappa shape index (κ3) is 3.36. The summed E-state index contributed by atoms with van der Waals surface area (Å²) >= 11 is 1.55. The summed E-state index contributed by atoms with van der Waals surface area (Å²) in [5.41, 5.74) is 5.31. The van der Waals surface area contributed by atoms with Gasteiger partial charge in [0.05, 0.1) is 27.0 Å². The molecule has 7 heteroatoms. The third-order valence-corrected chi connectivity index (χ3v) is 6.18. The maximum atomic E-state index is 5.52. The van der Waals surface area contributed by atoms with Crippen molar-refractivity contribution in [3.8, 4) is 51.0 Å². The van der Waals surface area contributed by atoms with Crippen LogP contribution in [0.4, 0.5) is 0 Å². The lowest BCUT2D eigenvalue weighted by Gasteiger charge is -2.13. The zero-order chi connectivity index (χ0) is 22.1. The number of aromatic nitrogens is 3. The molecule has 0 aliphatic carbocycles. The summed E-state index contributed by atoms with van der Waals surface area (Å²) in [6.07, 6.45) is 0. The van der Waals surface area contributed by atoms with E-state index in [1.807, 2.05) is 30.3 Å². The summed E-state index contributed by atoms with van der Waals surface area (Å²) in [6, 6.07) is 22.6. The van der Waals surface area contributed by atoms with E-state index in [1.54, 1.807) is 32.7 Å². The van der Waals surface area contributed by atoms with E-state index in [1.165, 1.54) is 11.1 Å². The van der Waals surface area contributed by atoms with Gasteiger partial charge in [0.15, 0.2) is 17.3 Å². The number of rotatable bonds is 6. The van der Waals surface area contributed by atoms with Crippen molar-refractivity contribution in [2.75, 3.05) is 21.3 Å². The largest absolute Gasteiger partial charge is 0.493 e. The van der Waals surface area contributed by atoms with Crippen molar-refractivity contribution in [1.29, 1.82) is 0 Å². The van der Waals surface area contributed by atoms with Crippen LogP contribution in [0.1, 0.15) is 0 Å². The van der Waals surface area contributed by atoms with E-state index in [0.717, 1.165) is 21.8 Å². The Hall–Kier alpha value is -3.84. The average molecular weight is 444 g/mol. The second-order valence-electron chi connectivity index (χ2n) is 7.12. The van der Waals surface area contributed by atoms with Crippen LogP contribution in [-0.4, -0.2) is 35.9 Å². The van der Waals surface area contributed by atoms with Crippen LogP contribution in [0.15, 0.2) is 72.1 Å². The first kappa shape index (κ1) is 20.1. The van der Waals surface area contributed by atoms with Crippen LogP contribution >= 0.6 is 11.3 Å². The number of ether oxygens (including phenoxy) is 3. The Morgan fingerprint density at radius 3 is 1.94 bits per heavy atom. The Kier molecular flexibility index (Phi) is 5.25. The van der Waals surface area contributed by atoms with Crippen LogP contribution in [0.3, 0.4) is 0 Å². The second kappa shape index (κ2) is 8.36. The minimum atomic E-state index is 0.543. The fourth-order valence-electron chi connectivity index (χ4n) is 3.78. The zero-order valence-corrected chi connectivity index (χ0v) is 18.7. The smallest absolute Gasteiger partial charge is 0.216 e. The number of thiazole rings is 1. The fourth-order valence-corrected chi connectivity index (χ4v) is 4.62. The minimum Gasteiger partial charge on any atom is -0.493 e. The summed E-state index contributed by atoms with van der Waals surface area (Å²) < 4.78 is 18.6. The summed E-state index contributed by atoms with van der Waals surface area (Å²) in [4.78, 5) is 0.816. The van der Waals surface area contributed by atoms with Gasteiger partial charge < -0.3 is 14.2 Å². The maximum Gasteiger partial charge on any atom is 0.216 e. The van der Waals surface area contributed by atoms with E-state index in [9.17, 15) is 0 Å². The lowest BCUT2D eigenvalue weighted by Crippen LogP contribution is -1.97. The van der Waals surface area contributed by atoms with Gasteiger partial charge in [0.25, 0.3) is 0 Å². The number of benzene rings is 3. The lowest BCUT2D eigenvalue weighted by molar-refractivity contribution is 0.324. The highest BCUT2D eigenvalue weighted by Crippen LogP contribution is 2.41. The highest BCUT2D eigenvalue weighted by atomic mass is 32.1. The van der Waals surface area contributed by atoms with Gasteiger partial charge in [0.1, 0.15) is 0 Å². The summed E-state index contributed by atoms with van der Waals surface area (Å²) in [5, 5.41) is 10.9. The number of fused-ring (bicyclic) bond motifs is 1. The molecule has 2 heterocycles. The van der Waals surface area contributed by atoms with Gasteiger partial charge in [-0.15, -0.1) is 21.5 Å². The van der Waals surface area contributed by atoms with E-state index < -0.39 is 0 Å². The van der Waals surface area contributed by atoms with Crippen molar-refractivity contribution >= 4 is 16.3 Å². The highest BCUT2D eigenvalue weighted by Gasteiger charge is 2.20. The highest BCUT2D eigenvalue weighted by molar-refractivity contribution is 7.15. The number of methoxy groups -OCH3 is 3. The monoisotopic (exact) mass is 443 g/mol. The molecule has 0 bridgehead atoms. The molecule has 0 unspecified atom stereocenters. The number of hydrogen-bond acceptors (Lipinski definition) is 6. The molecule has 0 atom stereocenters. The van der Waals surface area contributed by atoms with Gasteiger partial charge in [-0.3, -0.25) is 4.40 Å². The molecule has 0 saturated carbocycles. The Morgan fingerprint density at radius 2 is 1.31 bits per heavy atom. The van der Waals surface area contributed by atoms with Crippen LogP contribution in [-0.2, 0) is 0 Å². The lowest BCUT2D eigenvalue weighted by atomic mass is 10.0. The van der Waals surface area contributed by atoms with Gasteiger partial charge in [0, 0.05) is 10.9 Å². The first-order valence-electron chi connectivity index (χ1n) is 10.0. The van der Waals surface area contributed by atoms with E-state index in [0.29, 0.717) is 23.1 Å². The molecule has 32 heavy (non-hydrogen) atoms. The molecule has 0 fully saturated rings. The zero-order valence-electron chi connectivity index (χ0n) is 17.9. The molecule has 6 nitrogen and oxygen atoms in total. The van der Waals surface area contributed by atoms with Crippen molar-refractivity contribution in [3.63, 3.8) is 0 Å². The molecule has 0 saturated heterocycles. The normalized spacial score (nSPS) is 11.0. The van der Waals surface area contributed by atoms with E-state index >= 15 is 0 Å². The van der Waals surface area contributed by atoms with Crippen molar-refractivity contribution < 1.29 is 14.2 Å². The molecular weight excluding hydrogens is 422 g/mol. The van der Waals surface area contributed by atoms with Crippen LogP contribution < -0.4 is 14.2 Å². The molecule has 0 spiro atoms. The maximum absolute atomic E-state index is 5.52. The summed E-state index contributed by atoms with van der Waals surface area (Å²) in [5.74, 6) is 2.40. The first-order chi connectivity index (χ1) is 15.7. The van der Waals surface area contributed by atoms with Crippen molar-refractivity contribution in [1.82, 2.24) is 14.6 Å². The standard InChI is InChI=1S/C25H21N3O3S/c1-29-21-13-19(14-22(30-2)23(21)31-3)24-26-27-25-28(24)20(15-32-25)18-11-9-17(10-12-18)16-7-5-4-6-8-16/h4-15H,1-3H3. The SMILES string of the molecule is COc1cc(-c2nnc3scc(-c4ccc(-c5ccccc5)cc4)n23)cc(OC)c1OC. The molecule has 160 valence electrons. The molecule has 3 aromatic carbocycles. The molecule has 2 aromatic heterocycles. The van der Waals surface area contributed by atoms with Crippen molar-refractivity contribution in [2.24, 2.45) is 0 Å². The van der Waals surface area contributed by atoms with Crippen LogP contribution in [0.25, 0.3) is 38.7 Å². The first-order valence-corrected chi connectivity index (χ1v) is 10.9. The summed E-state index contributed by atoms with van der Waals surface area (Å²) in [6.45, 7) is 0. The molecule has 0 aliphatic heterocycles. The second-order valence-corrected chi connectivity index (χ2v) is 7.96. The van der Waals surface area contributed by atoms with Gasteiger partial charge in [-0.25, -0.2) is 0 Å². The number of nitrogens with zero attached hydrogens (tertiary/aromatic N) is 3. The van der Waals surface area contributed by atoms with E-state index in [2.05, 4.69) is 56.4 Å². The molecule has 0 aliphatic rings. The Morgan fingerprint density at radius 1 is 0.688 bits per heavy atom. The predicted molar refractivity (Wildman–Crippen MR) is 127 cm³/mol. The van der Waals surface area contributed by atoms with Crippen LogP contribution in [0.2, 0.25) is 0 Å². The van der Waals surface area contributed by atoms with Crippen LogP contribution in [0, 0.1) is 0 Å². The molecule has 0 amide bonds. The van der Waals surface area contributed by atoms with E-state index in [-0.39, 0.29) is 0 Å². The van der Waals surface area contributed by atoms with Gasteiger partial charge in [0.2, 0.25) is 10.7 Å². The molecule has 5 rings (SSSR count). The summed E-state index contributed by atoms with van der Waals surface area (Å²) in [7, 11) is 4.79. The van der Waals surface area contributed by atoms with Gasteiger partial charge in [-0.1, -0.05) is 54.6 Å². The Balaban J connectivity index is 1.61. The van der Waals surface area contributed by atoms with Crippen molar-refractivity contribution in [3.05, 3.63) is 72.1 Å².